The molecule has 0 saturated carbocycles. The predicted octanol–water partition coefficient (Wildman–Crippen LogP) is 5.06. The summed E-state index contributed by atoms with van der Waals surface area (Å²) in [6, 6.07) is 28.6. The van der Waals surface area contributed by atoms with Gasteiger partial charge in [-0.3, -0.25) is 0 Å². The Bertz CT molecular complexity index is 1110. The maximum atomic E-state index is 10.2. The minimum Gasteiger partial charge on any atom is -0.390 e. The summed E-state index contributed by atoms with van der Waals surface area (Å²) in [5.74, 6) is 0. The Hall–Kier alpha value is -2.68. The third-order valence-electron chi connectivity index (χ3n) is 6.60. The van der Waals surface area contributed by atoms with E-state index >= 15 is 0 Å². The summed E-state index contributed by atoms with van der Waals surface area (Å²) in [6.45, 7) is 2.09. The van der Waals surface area contributed by atoms with Crippen LogP contribution in [0.3, 0.4) is 0 Å². The molecule has 4 aromatic carbocycles. The van der Waals surface area contributed by atoms with Gasteiger partial charge in [0, 0.05) is 17.5 Å². The Morgan fingerprint density at radius 2 is 1.39 bits per heavy atom. The number of hydrogen-bond acceptors (Lipinski definition) is 1. The molecule has 0 unspecified atom stereocenters. The second-order valence-electron chi connectivity index (χ2n) is 8.40. The highest BCUT2D eigenvalue weighted by atomic mass is 16.3. The molecule has 1 aliphatic heterocycles. The van der Waals surface area contributed by atoms with Crippen LogP contribution in [0.5, 0.6) is 0 Å². The van der Waals surface area contributed by atoms with Crippen molar-refractivity contribution in [3.05, 3.63) is 95.6 Å². The average molecular weight is 369 g/mol. The summed E-state index contributed by atoms with van der Waals surface area (Å²) in [5, 5.41) is 15.5. The van der Waals surface area contributed by atoms with Crippen LogP contribution in [0, 0.1) is 0 Å². The fourth-order valence-corrected chi connectivity index (χ4v) is 4.99. The largest absolute Gasteiger partial charge is 0.390 e. The number of aliphatic hydroxyl groups excluding tert-OH is 1. The summed E-state index contributed by atoms with van der Waals surface area (Å²) < 4.78 is 0.839. The van der Waals surface area contributed by atoms with E-state index in [1.165, 1.54) is 38.2 Å². The molecule has 0 fully saturated rings. The van der Waals surface area contributed by atoms with Gasteiger partial charge < -0.3 is 9.59 Å². The first-order valence-electron chi connectivity index (χ1n) is 10.1. The minimum absolute atomic E-state index is 0.215. The molecule has 2 nitrogen and oxygen atoms in total. The van der Waals surface area contributed by atoms with Crippen LogP contribution in [0.4, 0.5) is 0 Å². The van der Waals surface area contributed by atoms with Crippen LogP contribution in [-0.2, 0) is 19.5 Å². The molecule has 1 N–H and O–H groups in total. The Labute approximate surface area is 166 Å². The molecular weight excluding hydrogens is 342 g/mol. The summed E-state index contributed by atoms with van der Waals surface area (Å²) in [6.07, 6.45) is 0.936. The monoisotopic (exact) mass is 368 g/mol. The molecule has 1 aliphatic rings. The van der Waals surface area contributed by atoms with Gasteiger partial charge in [-0.25, -0.2) is 0 Å². The topological polar surface area (TPSA) is 20.2 Å². The van der Waals surface area contributed by atoms with E-state index in [1.54, 1.807) is 0 Å². The molecule has 28 heavy (non-hydrogen) atoms. The van der Waals surface area contributed by atoms with Gasteiger partial charge >= 0.3 is 0 Å². The van der Waals surface area contributed by atoms with Gasteiger partial charge in [-0.1, -0.05) is 72.8 Å². The molecule has 0 saturated heterocycles. The first-order valence-corrected chi connectivity index (χ1v) is 10.1. The zero-order chi connectivity index (χ0) is 19.1. The van der Waals surface area contributed by atoms with Crippen molar-refractivity contribution in [2.24, 2.45) is 0 Å². The van der Waals surface area contributed by atoms with Crippen molar-refractivity contribution < 1.29 is 9.59 Å². The van der Waals surface area contributed by atoms with Crippen molar-refractivity contribution in [2.45, 2.75) is 25.6 Å². The lowest BCUT2D eigenvalue weighted by Gasteiger charge is -2.45. The van der Waals surface area contributed by atoms with Crippen LogP contribution in [0.2, 0.25) is 0 Å². The van der Waals surface area contributed by atoms with Crippen molar-refractivity contribution >= 4 is 21.5 Å². The lowest BCUT2D eigenvalue weighted by molar-refractivity contribution is -0.960. The minimum atomic E-state index is 0.215. The van der Waals surface area contributed by atoms with Gasteiger partial charge in [-0.15, -0.1) is 0 Å². The van der Waals surface area contributed by atoms with Crippen molar-refractivity contribution in [1.29, 1.82) is 0 Å². The maximum absolute atomic E-state index is 10.2. The van der Waals surface area contributed by atoms with Gasteiger partial charge in [-0.2, -0.15) is 0 Å². The van der Waals surface area contributed by atoms with E-state index in [9.17, 15) is 5.11 Å². The van der Waals surface area contributed by atoms with Crippen LogP contribution in [0.25, 0.3) is 21.5 Å². The van der Waals surface area contributed by atoms with Gasteiger partial charge in [0.1, 0.15) is 19.1 Å². The summed E-state index contributed by atoms with van der Waals surface area (Å²) in [5.41, 5.74) is 4.20. The third-order valence-corrected chi connectivity index (χ3v) is 6.60. The molecule has 0 aromatic heterocycles. The van der Waals surface area contributed by atoms with Crippen LogP contribution < -0.4 is 0 Å². The lowest BCUT2D eigenvalue weighted by Crippen LogP contribution is -2.56. The highest BCUT2D eigenvalue weighted by Gasteiger charge is 2.38. The van der Waals surface area contributed by atoms with Crippen LogP contribution in [0.15, 0.2) is 78.9 Å². The van der Waals surface area contributed by atoms with Gasteiger partial charge in [0.05, 0.1) is 13.7 Å². The van der Waals surface area contributed by atoms with E-state index in [-0.39, 0.29) is 12.6 Å². The fraction of sp³-hybridized carbons (Fsp3) is 0.231. The maximum Gasteiger partial charge on any atom is 0.117 e. The zero-order valence-corrected chi connectivity index (χ0v) is 16.3. The Morgan fingerprint density at radius 3 is 2.04 bits per heavy atom. The molecule has 0 radical (unpaired) electrons. The summed E-state index contributed by atoms with van der Waals surface area (Å²) in [7, 11) is 2.31. The van der Waals surface area contributed by atoms with Crippen LogP contribution >= 0.6 is 0 Å². The van der Waals surface area contributed by atoms with Crippen LogP contribution in [0.1, 0.15) is 16.7 Å². The van der Waals surface area contributed by atoms with Crippen molar-refractivity contribution in [1.82, 2.24) is 0 Å². The van der Waals surface area contributed by atoms with E-state index in [4.69, 9.17) is 0 Å². The number of quaternary nitrogens is 1. The van der Waals surface area contributed by atoms with Gasteiger partial charge in [0.25, 0.3) is 0 Å². The highest BCUT2D eigenvalue weighted by Crippen LogP contribution is 2.35. The van der Waals surface area contributed by atoms with Crippen molar-refractivity contribution in [2.75, 3.05) is 13.7 Å². The lowest BCUT2D eigenvalue weighted by atomic mass is 9.90. The number of hydrogen-bond donors (Lipinski definition) is 1. The Morgan fingerprint density at radius 1 is 0.821 bits per heavy atom. The molecule has 0 amide bonds. The zero-order valence-electron chi connectivity index (χ0n) is 16.3. The van der Waals surface area contributed by atoms with E-state index in [2.05, 4.69) is 85.9 Å². The van der Waals surface area contributed by atoms with Crippen LogP contribution in [-0.4, -0.2) is 29.3 Å². The Kier molecular flexibility index (Phi) is 4.19. The average Bonchev–Trinajstić information content (AvgIpc) is 2.73. The quantitative estimate of drug-likeness (QED) is 0.396. The molecule has 2 heteroatoms. The molecule has 2 atom stereocenters. The second-order valence-corrected chi connectivity index (χ2v) is 8.40. The first kappa shape index (κ1) is 17.4. The van der Waals surface area contributed by atoms with Gasteiger partial charge in [0.15, 0.2) is 0 Å². The van der Waals surface area contributed by atoms with Gasteiger partial charge in [-0.05, 0) is 33.2 Å². The number of benzene rings is 4. The molecular formula is C26H26NO+. The van der Waals surface area contributed by atoms with Crippen molar-refractivity contribution in [3.63, 3.8) is 0 Å². The Balaban J connectivity index is 1.68. The van der Waals surface area contributed by atoms with Crippen molar-refractivity contribution in [3.8, 4) is 0 Å². The molecule has 4 aromatic rings. The molecule has 140 valence electrons. The van der Waals surface area contributed by atoms with E-state index in [0.717, 1.165) is 24.0 Å². The molecule has 5 rings (SSSR count). The van der Waals surface area contributed by atoms with Gasteiger partial charge in [0.2, 0.25) is 0 Å². The molecule has 1 heterocycles. The molecule has 0 spiro atoms. The summed E-state index contributed by atoms with van der Waals surface area (Å²) >= 11 is 0. The van der Waals surface area contributed by atoms with E-state index in [0.29, 0.717) is 0 Å². The van der Waals surface area contributed by atoms with E-state index in [1.807, 2.05) is 0 Å². The number of rotatable bonds is 3. The highest BCUT2D eigenvalue weighted by molar-refractivity contribution is 6.02. The number of aliphatic hydroxyl groups is 1. The normalized spacial score (nSPS) is 21.7. The smallest absolute Gasteiger partial charge is 0.117 e. The SMILES string of the molecule is C[N@+]1(Cc2c3ccccc3cc3ccccc23)Cc2ccccc2C[C@H]1CO. The fourth-order valence-electron chi connectivity index (χ4n) is 4.99. The number of nitrogens with zero attached hydrogens (tertiary/aromatic N) is 1. The number of likely N-dealkylation sites (N-methyl/N-ethyl adjacent to an activating group) is 1. The molecule has 0 bridgehead atoms. The summed E-state index contributed by atoms with van der Waals surface area (Å²) in [4.78, 5) is 0. The number of fused-ring (bicyclic) bond motifs is 3. The first-order chi connectivity index (χ1) is 13.7. The second kappa shape index (κ2) is 6.73. The molecule has 0 aliphatic carbocycles. The predicted molar refractivity (Wildman–Crippen MR) is 116 cm³/mol. The third kappa shape index (κ3) is 2.81. The standard InChI is InChI=1S/C26H26NO/c1-27(16-22-11-3-2-8-19(22)15-23(27)18-28)17-26-24-12-6-4-9-20(24)14-21-10-5-7-13-25(21)26/h2-14,23,28H,15-18H2,1H3/q+1/t23-,27+/m0/s1. The van der Waals surface area contributed by atoms with E-state index < -0.39 is 0 Å².